The third-order valence-electron chi connectivity index (χ3n) is 1.91. The molecule has 1 aromatic rings. The van der Waals surface area contributed by atoms with Gasteiger partial charge in [-0.3, -0.25) is 0 Å². The SMILES string of the molecule is COc1ccc(C=CCN)c(C)c1. The van der Waals surface area contributed by atoms with E-state index in [2.05, 4.69) is 6.92 Å². The number of ether oxygens (including phenoxy) is 1. The lowest BCUT2D eigenvalue weighted by atomic mass is 10.1. The fraction of sp³-hybridized carbons (Fsp3) is 0.273. The van der Waals surface area contributed by atoms with Crippen LogP contribution in [0.2, 0.25) is 0 Å². The number of rotatable bonds is 3. The lowest BCUT2D eigenvalue weighted by Crippen LogP contribution is -1.92. The van der Waals surface area contributed by atoms with E-state index in [4.69, 9.17) is 10.5 Å². The van der Waals surface area contributed by atoms with Crippen molar-refractivity contribution in [1.82, 2.24) is 0 Å². The van der Waals surface area contributed by atoms with E-state index in [1.165, 1.54) is 11.1 Å². The number of methoxy groups -OCH3 is 1. The lowest BCUT2D eigenvalue weighted by molar-refractivity contribution is 0.414. The summed E-state index contributed by atoms with van der Waals surface area (Å²) in [5.41, 5.74) is 7.76. The zero-order valence-corrected chi connectivity index (χ0v) is 8.08. The standard InChI is InChI=1S/C11H15NO/c1-9-8-11(13-2)6-5-10(9)4-3-7-12/h3-6,8H,7,12H2,1-2H3. The van der Waals surface area contributed by atoms with Crippen LogP contribution in [0.3, 0.4) is 0 Å². The van der Waals surface area contributed by atoms with E-state index < -0.39 is 0 Å². The fourth-order valence-corrected chi connectivity index (χ4v) is 1.16. The molecule has 0 aliphatic heterocycles. The molecule has 0 spiro atoms. The van der Waals surface area contributed by atoms with Crippen molar-refractivity contribution in [3.8, 4) is 5.75 Å². The molecule has 0 heterocycles. The Labute approximate surface area is 79.0 Å². The predicted molar refractivity (Wildman–Crippen MR) is 55.8 cm³/mol. The van der Waals surface area contributed by atoms with Gasteiger partial charge in [-0.25, -0.2) is 0 Å². The van der Waals surface area contributed by atoms with Gasteiger partial charge in [0.1, 0.15) is 5.75 Å². The third-order valence-corrected chi connectivity index (χ3v) is 1.91. The number of hydrogen-bond donors (Lipinski definition) is 1. The molecule has 0 unspecified atom stereocenters. The summed E-state index contributed by atoms with van der Waals surface area (Å²) in [6.45, 7) is 2.63. The molecule has 0 atom stereocenters. The fourth-order valence-electron chi connectivity index (χ4n) is 1.16. The maximum Gasteiger partial charge on any atom is 0.119 e. The molecule has 2 heteroatoms. The van der Waals surface area contributed by atoms with Gasteiger partial charge >= 0.3 is 0 Å². The van der Waals surface area contributed by atoms with E-state index in [1.807, 2.05) is 30.4 Å². The molecule has 70 valence electrons. The van der Waals surface area contributed by atoms with Crippen LogP contribution in [-0.4, -0.2) is 13.7 Å². The monoisotopic (exact) mass is 177 g/mol. The van der Waals surface area contributed by atoms with Gasteiger partial charge in [-0.1, -0.05) is 18.2 Å². The molecule has 0 aromatic heterocycles. The molecule has 0 saturated carbocycles. The molecule has 0 aliphatic rings. The summed E-state index contributed by atoms with van der Waals surface area (Å²) in [6.07, 6.45) is 3.96. The minimum atomic E-state index is 0.575. The molecule has 0 aliphatic carbocycles. The van der Waals surface area contributed by atoms with Gasteiger partial charge in [-0.2, -0.15) is 0 Å². The van der Waals surface area contributed by atoms with Crippen molar-refractivity contribution in [3.05, 3.63) is 35.4 Å². The Balaban J connectivity index is 2.91. The minimum Gasteiger partial charge on any atom is -0.497 e. The molecule has 0 radical (unpaired) electrons. The summed E-state index contributed by atoms with van der Waals surface area (Å²) in [7, 11) is 1.67. The summed E-state index contributed by atoms with van der Waals surface area (Å²) in [5.74, 6) is 0.891. The topological polar surface area (TPSA) is 35.2 Å². The van der Waals surface area contributed by atoms with Gasteiger partial charge < -0.3 is 10.5 Å². The van der Waals surface area contributed by atoms with Crippen molar-refractivity contribution in [3.63, 3.8) is 0 Å². The van der Waals surface area contributed by atoms with E-state index in [1.54, 1.807) is 7.11 Å². The Morgan fingerprint density at radius 2 is 2.23 bits per heavy atom. The van der Waals surface area contributed by atoms with Crippen LogP contribution >= 0.6 is 0 Å². The second kappa shape index (κ2) is 4.67. The first-order chi connectivity index (χ1) is 6.27. The van der Waals surface area contributed by atoms with E-state index in [9.17, 15) is 0 Å². The van der Waals surface area contributed by atoms with Crippen LogP contribution in [0.5, 0.6) is 5.75 Å². The van der Waals surface area contributed by atoms with Gasteiger partial charge in [-0.05, 0) is 30.2 Å². The second-order valence-corrected chi connectivity index (χ2v) is 2.86. The number of benzene rings is 1. The van der Waals surface area contributed by atoms with E-state index >= 15 is 0 Å². The molecular weight excluding hydrogens is 162 g/mol. The summed E-state index contributed by atoms with van der Waals surface area (Å²) in [4.78, 5) is 0. The highest BCUT2D eigenvalue weighted by atomic mass is 16.5. The van der Waals surface area contributed by atoms with Gasteiger partial charge in [0.2, 0.25) is 0 Å². The highest BCUT2D eigenvalue weighted by molar-refractivity contribution is 5.55. The van der Waals surface area contributed by atoms with Crippen molar-refractivity contribution in [1.29, 1.82) is 0 Å². The summed E-state index contributed by atoms with van der Waals surface area (Å²) in [5, 5.41) is 0. The number of nitrogens with two attached hydrogens (primary N) is 1. The molecule has 1 aromatic carbocycles. The van der Waals surface area contributed by atoms with Crippen LogP contribution in [0.4, 0.5) is 0 Å². The number of hydrogen-bond acceptors (Lipinski definition) is 2. The largest absolute Gasteiger partial charge is 0.497 e. The van der Waals surface area contributed by atoms with Crippen molar-refractivity contribution in [2.45, 2.75) is 6.92 Å². The highest BCUT2D eigenvalue weighted by Crippen LogP contribution is 2.17. The van der Waals surface area contributed by atoms with Crippen LogP contribution in [0.1, 0.15) is 11.1 Å². The van der Waals surface area contributed by atoms with Crippen molar-refractivity contribution in [2.75, 3.05) is 13.7 Å². The normalized spacial score (nSPS) is 10.7. The summed E-state index contributed by atoms with van der Waals surface area (Å²) in [6, 6.07) is 5.99. The first-order valence-corrected chi connectivity index (χ1v) is 4.29. The van der Waals surface area contributed by atoms with Gasteiger partial charge in [0, 0.05) is 6.54 Å². The summed E-state index contributed by atoms with van der Waals surface area (Å²) >= 11 is 0. The highest BCUT2D eigenvalue weighted by Gasteiger charge is 1.95. The average Bonchev–Trinajstić information content (AvgIpc) is 2.16. The Kier molecular flexibility index (Phi) is 3.53. The molecule has 1 rings (SSSR count). The average molecular weight is 177 g/mol. The Morgan fingerprint density at radius 3 is 2.77 bits per heavy atom. The van der Waals surface area contributed by atoms with Gasteiger partial charge in [-0.15, -0.1) is 0 Å². The Hall–Kier alpha value is -1.28. The van der Waals surface area contributed by atoms with E-state index in [0.717, 1.165) is 5.75 Å². The first-order valence-electron chi connectivity index (χ1n) is 4.29. The van der Waals surface area contributed by atoms with Crippen molar-refractivity contribution in [2.24, 2.45) is 5.73 Å². The summed E-state index contributed by atoms with van der Waals surface area (Å²) < 4.78 is 5.11. The maximum atomic E-state index is 5.37. The van der Waals surface area contributed by atoms with E-state index in [-0.39, 0.29) is 0 Å². The lowest BCUT2D eigenvalue weighted by Gasteiger charge is -2.03. The van der Waals surface area contributed by atoms with Crippen molar-refractivity contribution < 1.29 is 4.74 Å². The van der Waals surface area contributed by atoms with Crippen LogP contribution in [0.15, 0.2) is 24.3 Å². The van der Waals surface area contributed by atoms with Crippen LogP contribution in [0.25, 0.3) is 6.08 Å². The minimum absolute atomic E-state index is 0.575. The quantitative estimate of drug-likeness (QED) is 0.766. The number of aryl methyl sites for hydroxylation is 1. The zero-order chi connectivity index (χ0) is 9.68. The van der Waals surface area contributed by atoms with Gasteiger partial charge in [0.05, 0.1) is 7.11 Å². The third kappa shape index (κ3) is 2.60. The maximum absolute atomic E-state index is 5.37. The zero-order valence-electron chi connectivity index (χ0n) is 8.08. The van der Waals surface area contributed by atoms with E-state index in [0.29, 0.717) is 6.54 Å². The van der Waals surface area contributed by atoms with Gasteiger partial charge in [0.15, 0.2) is 0 Å². The predicted octanol–water partition coefficient (Wildman–Crippen LogP) is 1.98. The Morgan fingerprint density at radius 1 is 1.46 bits per heavy atom. The van der Waals surface area contributed by atoms with Crippen LogP contribution in [-0.2, 0) is 0 Å². The van der Waals surface area contributed by atoms with Gasteiger partial charge in [0.25, 0.3) is 0 Å². The smallest absolute Gasteiger partial charge is 0.119 e. The van der Waals surface area contributed by atoms with Crippen LogP contribution < -0.4 is 10.5 Å². The molecule has 0 saturated heterocycles. The first kappa shape index (κ1) is 9.81. The molecule has 0 amide bonds. The Bertz CT molecular complexity index is 305. The molecule has 2 nitrogen and oxygen atoms in total. The molecule has 13 heavy (non-hydrogen) atoms. The molecule has 0 bridgehead atoms. The molecule has 0 fully saturated rings. The van der Waals surface area contributed by atoms with Crippen molar-refractivity contribution >= 4 is 6.08 Å². The molecule has 2 N–H and O–H groups in total. The van der Waals surface area contributed by atoms with Crippen LogP contribution in [0, 0.1) is 6.92 Å². The molecular formula is C11H15NO. The second-order valence-electron chi connectivity index (χ2n) is 2.86.